The lowest BCUT2D eigenvalue weighted by Crippen LogP contribution is -2.50. The highest BCUT2D eigenvalue weighted by molar-refractivity contribution is 5.81. The molecular weight excluding hydrogens is 278 g/mol. The molecule has 2 aliphatic rings. The molecule has 22 heavy (non-hydrogen) atoms. The van der Waals surface area contributed by atoms with Gasteiger partial charge in [0.25, 0.3) is 0 Å². The Morgan fingerprint density at radius 1 is 1.27 bits per heavy atom. The summed E-state index contributed by atoms with van der Waals surface area (Å²) in [4.78, 5) is 26.6. The maximum absolute atomic E-state index is 12.5. The monoisotopic (exact) mass is 309 g/mol. The largest absolute Gasteiger partial charge is 0.353 e. The van der Waals surface area contributed by atoms with Gasteiger partial charge in [-0.3, -0.25) is 9.59 Å². The van der Waals surface area contributed by atoms with Crippen LogP contribution in [0.15, 0.2) is 0 Å². The molecule has 126 valence electrons. The van der Waals surface area contributed by atoms with Crippen molar-refractivity contribution in [3.63, 3.8) is 0 Å². The predicted octanol–water partition coefficient (Wildman–Crippen LogP) is 1.66. The maximum atomic E-state index is 12.5. The van der Waals surface area contributed by atoms with Crippen molar-refractivity contribution in [1.82, 2.24) is 10.2 Å². The highest BCUT2D eigenvalue weighted by Gasteiger charge is 2.30. The van der Waals surface area contributed by atoms with E-state index in [2.05, 4.69) is 12.2 Å². The zero-order valence-electron chi connectivity index (χ0n) is 14.0. The second kappa shape index (κ2) is 7.95. The number of nitrogens with one attached hydrogen (secondary N) is 1. The molecule has 0 spiro atoms. The summed E-state index contributed by atoms with van der Waals surface area (Å²) in [6.45, 7) is 5.47. The van der Waals surface area contributed by atoms with Crippen molar-refractivity contribution in [3.8, 4) is 0 Å². The Kier molecular flexibility index (Phi) is 6.24. The van der Waals surface area contributed by atoms with Gasteiger partial charge in [-0.05, 0) is 38.5 Å². The van der Waals surface area contributed by atoms with E-state index in [1.165, 1.54) is 0 Å². The first-order chi connectivity index (χ1) is 10.5. The van der Waals surface area contributed by atoms with E-state index in [4.69, 9.17) is 5.73 Å². The van der Waals surface area contributed by atoms with Gasteiger partial charge in [-0.2, -0.15) is 0 Å². The van der Waals surface area contributed by atoms with Gasteiger partial charge in [-0.15, -0.1) is 0 Å². The van der Waals surface area contributed by atoms with E-state index >= 15 is 0 Å². The second-order valence-corrected chi connectivity index (χ2v) is 7.20. The molecule has 1 saturated heterocycles. The van der Waals surface area contributed by atoms with Crippen LogP contribution in [0, 0.1) is 11.8 Å². The quantitative estimate of drug-likeness (QED) is 0.811. The van der Waals surface area contributed by atoms with Gasteiger partial charge in [-0.1, -0.05) is 19.8 Å². The molecule has 1 aliphatic heterocycles. The van der Waals surface area contributed by atoms with E-state index in [9.17, 15) is 9.59 Å². The number of piperidine rings is 1. The summed E-state index contributed by atoms with van der Waals surface area (Å²) in [5.74, 6) is 1.05. The van der Waals surface area contributed by atoms with Gasteiger partial charge in [-0.25, -0.2) is 0 Å². The Labute approximate surface area is 134 Å². The number of hydrogen-bond donors (Lipinski definition) is 2. The molecule has 2 amide bonds. The molecule has 1 saturated carbocycles. The fraction of sp³-hybridized carbons (Fsp3) is 0.882. The molecule has 1 heterocycles. The third-order valence-corrected chi connectivity index (χ3v) is 5.17. The third-order valence-electron chi connectivity index (χ3n) is 5.17. The standard InChI is InChI=1S/C17H31N3O2/c1-12-7-8-20(15(9-12)11-18)16(21)10-13(2)19-17(22)14-5-3-4-6-14/h12-15H,3-11,18H2,1-2H3,(H,19,22). The van der Waals surface area contributed by atoms with E-state index in [1.54, 1.807) is 0 Å². The van der Waals surface area contributed by atoms with E-state index in [-0.39, 0.29) is 29.8 Å². The number of amides is 2. The van der Waals surface area contributed by atoms with Crippen LogP contribution in [0.5, 0.6) is 0 Å². The SMILES string of the molecule is CC1CCN(C(=O)CC(C)NC(=O)C2CCCC2)C(CN)C1. The first-order valence-corrected chi connectivity index (χ1v) is 8.81. The summed E-state index contributed by atoms with van der Waals surface area (Å²) in [5.41, 5.74) is 5.82. The summed E-state index contributed by atoms with van der Waals surface area (Å²) in [7, 11) is 0. The lowest BCUT2D eigenvalue weighted by molar-refractivity contribution is -0.136. The molecule has 5 heteroatoms. The molecule has 5 nitrogen and oxygen atoms in total. The number of likely N-dealkylation sites (tertiary alicyclic amines) is 1. The van der Waals surface area contributed by atoms with Gasteiger partial charge in [0.05, 0.1) is 0 Å². The van der Waals surface area contributed by atoms with Crippen molar-refractivity contribution < 1.29 is 9.59 Å². The van der Waals surface area contributed by atoms with Crippen LogP contribution in [0.2, 0.25) is 0 Å². The molecule has 0 bridgehead atoms. The Morgan fingerprint density at radius 3 is 2.59 bits per heavy atom. The zero-order chi connectivity index (χ0) is 16.1. The average Bonchev–Trinajstić information content (AvgIpc) is 3.00. The van der Waals surface area contributed by atoms with Gasteiger partial charge in [0, 0.05) is 37.5 Å². The van der Waals surface area contributed by atoms with Crippen LogP contribution < -0.4 is 11.1 Å². The van der Waals surface area contributed by atoms with Crippen LogP contribution in [-0.4, -0.2) is 41.9 Å². The van der Waals surface area contributed by atoms with Crippen LogP contribution in [0.25, 0.3) is 0 Å². The molecule has 3 unspecified atom stereocenters. The number of carbonyl (C=O) groups excluding carboxylic acids is 2. The number of rotatable bonds is 5. The Balaban J connectivity index is 1.81. The molecular formula is C17H31N3O2. The molecule has 3 atom stereocenters. The smallest absolute Gasteiger partial charge is 0.224 e. The fourth-order valence-electron chi connectivity index (χ4n) is 3.78. The van der Waals surface area contributed by atoms with Crippen molar-refractivity contribution in [2.45, 2.75) is 70.9 Å². The molecule has 0 aromatic carbocycles. The first-order valence-electron chi connectivity index (χ1n) is 8.81. The lowest BCUT2D eigenvalue weighted by Gasteiger charge is -2.38. The van der Waals surface area contributed by atoms with Crippen molar-refractivity contribution in [3.05, 3.63) is 0 Å². The highest BCUT2D eigenvalue weighted by atomic mass is 16.2. The van der Waals surface area contributed by atoms with Crippen molar-refractivity contribution in [2.24, 2.45) is 17.6 Å². The minimum Gasteiger partial charge on any atom is -0.353 e. The molecule has 2 rings (SSSR count). The normalized spacial score (nSPS) is 27.7. The summed E-state index contributed by atoms with van der Waals surface area (Å²) in [6.07, 6.45) is 6.70. The Hall–Kier alpha value is -1.10. The fourth-order valence-corrected chi connectivity index (χ4v) is 3.78. The first kappa shape index (κ1) is 17.3. The van der Waals surface area contributed by atoms with Crippen molar-refractivity contribution in [1.29, 1.82) is 0 Å². The topological polar surface area (TPSA) is 75.4 Å². The number of hydrogen-bond acceptors (Lipinski definition) is 3. The van der Waals surface area contributed by atoms with Gasteiger partial charge < -0.3 is 16.0 Å². The molecule has 1 aliphatic carbocycles. The van der Waals surface area contributed by atoms with Crippen LogP contribution in [0.3, 0.4) is 0 Å². The summed E-state index contributed by atoms with van der Waals surface area (Å²) >= 11 is 0. The maximum Gasteiger partial charge on any atom is 0.224 e. The third kappa shape index (κ3) is 4.45. The van der Waals surface area contributed by atoms with Gasteiger partial charge in [0.2, 0.25) is 11.8 Å². The van der Waals surface area contributed by atoms with Gasteiger partial charge in [0.15, 0.2) is 0 Å². The number of nitrogens with zero attached hydrogens (tertiary/aromatic N) is 1. The zero-order valence-corrected chi connectivity index (χ0v) is 14.0. The van der Waals surface area contributed by atoms with E-state index in [0.717, 1.165) is 45.1 Å². The van der Waals surface area contributed by atoms with Crippen LogP contribution in [0.4, 0.5) is 0 Å². The van der Waals surface area contributed by atoms with E-state index in [0.29, 0.717) is 18.9 Å². The van der Waals surface area contributed by atoms with Crippen molar-refractivity contribution in [2.75, 3.05) is 13.1 Å². The molecule has 3 N–H and O–H groups in total. The molecule has 0 aromatic rings. The molecule has 2 fully saturated rings. The minimum absolute atomic E-state index is 0.0987. The van der Waals surface area contributed by atoms with E-state index in [1.807, 2.05) is 11.8 Å². The second-order valence-electron chi connectivity index (χ2n) is 7.20. The van der Waals surface area contributed by atoms with E-state index < -0.39 is 0 Å². The number of carbonyl (C=O) groups is 2. The van der Waals surface area contributed by atoms with Crippen molar-refractivity contribution >= 4 is 11.8 Å². The van der Waals surface area contributed by atoms with Crippen LogP contribution in [-0.2, 0) is 9.59 Å². The summed E-state index contributed by atoms with van der Waals surface area (Å²) in [6, 6.07) is 0.0624. The average molecular weight is 309 g/mol. The summed E-state index contributed by atoms with van der Waals surface area (Å²) < 4.78 is 0. The summed E-state index contributed by atoms with van der Waals surface area (Å²) in [5, 5.41) is 3.02. The van der Waals surface area contributed by atoms with Crippen LogP contribution >= 0.6 is 0 Å². The van der Waals surface area contributed by atoms with Crippen LogP contribution in [0.1, 0.15) is 58.8 Å². The Bertz CT molecular complexity index is 393. The highest BCUT2D eigenvalue weighted by Crippen LogP contribution is 2.25. The van der Waals surface area contributed by atoms with Gasteiger partial charge in [0.1, 0.15) is 0 Å². The lowest BCUT2D eigenvalue weighted by atomic mass is 9.92. The molecule has 0 radical (unpaired) electrons. The number of nitrogens with two attached hydrogens (primary N) is 1. The molecule has 0 aromatic heterocycles. The minimum atomic E-state index is -0.0987. The van der Waals surface area contributed by atoms with Gasteiger partial charge >= 0.3 is 0 Å². The predicted molar refractivity (Wildman–Crippen MR) is 87.1 cm³/mol. The Morgan fingerprint density at radius 2 is 1.95 bits per heavy atom.